The Morgan fingerprint density at radius 3 is 2.54 bits per heavy atom. The maximum atomic E-state index is 2.44. The Balaban J connectivity index is 2.38. The van der Waals surface area contributed by atoms with Crippen LogP contribution in [0.25, 0.3) is 0 Å². The molecule has 3 heteroatoms. The Morgan fingerprint density at radius 2 is 2.08 bits per heavy atom. The van der Waals surface area contributed by atoms with Crippen LogP contribution in [0.2, 0.25) is 19.6 Å². The summed E-state index contributed by atoms with van der Waals surface area (Å²) in [7, 11) is 1.30. The first-order valence-electron chi connectivity index (χ1n) is 4.68. The first kappa shape index (κ1) is 11.0. The molecule has 0 aliphatic rings. The van der Waals surface area contributed by atoms with Crippen molar-refractivity contribution in [2.45, 2.75) is 26.2 Å². The second kappa shape index (κ2) is 4.40. The van der Waals surface area contributed by atoms with Gasteiger partial charge in [-0.2, -0.15) is 0 Å². The normalized spacial score (nSPS) is 12.4. The van der Waals surface area contributed by atoms with Gasteiger partial charge in [-0.1, -0.05) is 25.7 Å². The van der Waals surface area contributed by atoms with Crippen LogP contribution in [0, 0.1) is 0 Å². The molecule has 0 radical (unpaired) electrons. The van der Waals surface area contributed by atoms with Crippen LogP contribution in [-0.4, -0.2) is 26.2 Å². The number of hydrogen-bond acceptors (Lipinski definition) is 2. The van der Waals surface area contributed by atoms with E-state index in [9.17, 15) is 0 Å². The van der Waals surface area contributed by atoms with Crippen LogP contribution in [0.3, 0.4) is 0 Å². The van der Waals surface area contributed by atoms with Gasteiger partial charge in [0.15, 0.2) is 0 Å². The summed E-state index contributed by atoms with van der Waals surface area (Å²) in [6.45, 7) is 8.36. The van der Waals surface area contributed by atoms with Crippen molar-refractivity contribution >= 4 is 19.4 Å². The molecule has 13 heavy (non-hydrogen) atoms. The first-order valence-corrected chi connectivity index (χ1v) is 9.27. The molecule has 0 aliphatic heterocycles. The van der Waals surface area contributed by atoms with Gasteiger partial charge in [0.25, 0.3) is 0 Å². The highest BCUT2D eigenvalue weighted by molar-refractivity contribution is 7.09. The van der Waals surface area contributed by atoms with E-state index >= 15 is 0 Å². The Labute approximate surface area is 86.4 Å². The van der Waals surface area contributed by atoms with Crippen molar-refractivity contribution in [2.75, 3.05) is 13.2 Å². The number of rotatable bonds is 4. The zero-order chi connectivity index (χ0) is 9.90. The summed E-state index contributed by atoms with van der Waals surface area (Å²) in [4.78, 5) is 3.92. The molecular weight excluding hydrogens is 194 g/mol. The summed E-state index contributed by atoms with van der Waals surface area (Å²) in [5, 5.41) is 2.15. The summed E-state index contributed by atoms with van der Waals surface area (Å²) >= 11 is 1.85. The van der Waals surface area contributed by atoms with E-state index in [0.717, 1.165) is 6.54 Å². The highest BCUT2D eigenvalue weighted by Gasteiger charge is 2.15. The van der Waals surface area contributed by atoms with E-state index in [2.05, 4.69) is 49.1 Å². The van der Waals surface area contributed by atoms with Gasteiger partial charge in [0.1, 0.15) is 0 Å². The van der Waals surface area contributed by atoms with Gasteiger partial charge in [-0.05, 0) is 24.7 Å². The molecule has 1 aromatic heterocycles. The van der Waals surface area contributed by atoms with Crippen LogP contribution in [0.4, 0.5) is 0 Å². The van der Waals surface area contributed by atoms with Crippen molar-refractivity contribution in [1.29, 1.82) is 0 Å². The number of thiophene rings is 1. The van der Waals surface area contributed by atoms with Gasteiger partial charge in [0.05, 0.1) is 8.07 Å². The molecule has 74 valence electrons. The Morgan fingerprint density at radius 1 is 1.38 bits per heavy atom. The van der Waals surface area contributed by atoms with Crippen molar-refractivity contribution in [3.63, 3.8) is 0 Å². The number of nitrogens with zero attached hydrogens (tertiary/aromatic N) is 1. The zero-order valence-electron chi connectivity index (χ0n) is 9.00. The Bertz CT molecular complexity index is 238. The third-order valence-corrected chi connectivity index (χ3v) is 4.10. The van der Waals surface area contributed by atoms with Crippen LogP contribution in [0.15, 0.2) is 17.5 Å². The van der Waals surface area contributed by atoms with Gasteiger partial charge < -0.3 is 4.90 Å². The maximum Gasteiger partial charge on any atom is 0.0599 e. The Hall–Kier alpha value is -0.123. The molecule has 0 aromatic carbocycles. The summed E-state index contributed by atoms with van der Waals surface area (Å²) in [5.41, 5.74) is 0. The first-order chi connectivity index (χ1) is 5.97. The van der Waals surface area contributed by atoms with Gasteiger partial charge in [-0.3, -0.25) is 0 Å². The summed E-state index contributed by atoms with van der Waals surface area (Å²) in [6.07, 6.45) is 1.28. The van der Waals surface area contributed by atoms with E-state index in [0.29, 0.717) is 0 Å². The molecule has 0 fully saturated rings. The molecule has 0 spiro atoms. The number of hydrogen-bond donors (Lipinski definition) is 0. The molecule has 1 rings (SSSR count). The molecule has 0 saturated heterocycles. The molecule has 0 bridgehead atoms. The maximum absolute atomic E-state index is 2.44. The molecule has 0 unspecified atom stereocenters. The molecule has 1 heterocycles. The van der Waals surface area contributed by atoms with E-state index < -0.39 is 8.07 Å². The van der Waals surface area contributed by atoms with Gasteiger partial charge >= 0.3 is 0 Å². The SMILES string of the molecule is CN(Cc1cccs1)C[Si](C)(C)C. The zero-order valence-corrected chi connectivity index (χ0v) is 10.8. The van der Waals surface area contributed by atoms with Crippen LogP contribution < -0.4 is 0 Å². The van der Waals surface area contributed by atoms with Gasteiger partial charge in [0.2, 0.25) is 0 Å². The lowest BCUT2D eigenvalue weighted by molar-refractivity contribution is 0.378. The van der Waals surface area contributed by atoms with Crippen molar-refractivity contribution in [3.8, 4) is 0 Å². The minimum absolute atomic E-state index is 0.923. The molecule has 0 N–H and O–H groups in total. The Kier molecular flexibility index (Phi) is 3.70. The van der Waals surface area contributed by atoms with E-state index in [-0.39, 0.29) is 0 Å². The largest absolute Gasteiger partial charge is 0.304 e. The lowest BCUT2D eigenvalue weighted by Gasteiger charge is -2.24. The van der Waals surface area contributed by atoms with Crippen LogP contribution in [0.1, 0.15) is 4.88 Å². The van der Waals surface area contributed by atoms with Crippen molar-refractivity contribution < 1.29 is 0 Å². The molecular formula is C10H19NSSi. The third kappa shape index (κ3) is 4.60. The minimum atomic E-state index is -0.923. The standard InChI is InChI=1S/C10H19NSSi/c1-11(9-13(2,3)4)8-10-6-5-7-12-10/h5-7H,8-9H2,1-4H3. The average molecular weight is 213 g/mol. The molecule has 1 nitrogen and oxygen atoms in total. The topological polar surface area (TPSA) is 3.24 Å². The lowest BCUT2D eigenvalue weighted by Crippen LogP contribution is -2.37. The average Bonchev–Trinajstić information content (AvgIpc) is 2.34. The van der Waals surface area contributed by atoms with Crippen LogP contribution >= 0.6 is 11.3 Å². The molecule has 0 atom stereocenters. The predicted octanol–water partition coefficient (Wildman–Crippen LogP) is 3.06. The van der Waals surface area contributed by atoms with Gasteiger partial charge in [0, 0.05) is 11.4 Å². The fourth-order valence-corrected chi connectivity index (χ4v) is 4.05. The second-order valence-corrected chi connectivity index (χ2v) is 11.3. The van der Waals surface area contributed by atoms with E-state index in [1.54, 1.807) is 0 Å². The van der Waals surface area contributed by atoms with Crippen molar-refractivity contribution in [3.05, 3.63) is 22.4 Å². The molecule has 0 amide bonds. The lowest BCUT2D eigenvalue weighted by atomic mass is 10.4. The molecule has 1 aromatic rings. The minimum Gasteiger partial charge on any atom is -0.304 e. The fraction of sp³-hybridized carbons (Fsp3) is 0.600. The quantitative estimate of drug-likeness (QED) is 0.695. The van der Waals surface area contributed by atoms with Gasteiger partial charge in [-0.15, -0.1) is 11.3 Å². The second-order valence-electron chi connectivity index (χ2n) is 4.81. The third-order valence-electron chi connectivity index (χ3n) is 1.75. The highest BCUT2D eigenvalue weighted by Crippen LogP contribution is 2.12. The monoisotopic (exact) mass is 213 g/mol. The smallest absolute Gasteiger partial charge is 0.0599 e. The van der Waals surface area contributed by atoms with E-state index in [1.807, 2.05) is 11.3 Å². The van der Waals surface area contributed by atoms with E-state index in [1.165, 1.54) is 11.0 Å². The van der Waals surface area contributed by atoms with E-state index in [4.69, 9.17) is 0 Å². The van der Waals surface area contributed by atoms with Crippen LogP contribution in [-0.2, 0) is 6.54 Å². The highest BCUT2D eigenvalue weighted by atomic mass is 32.1. The van der Waals surface area contributed by atoms with Crippen molar-refractivity contribution in [1.82, 2.24) is 4.90 Å². The van der Waals surface area contributed by atoms with Crippen LogP contribution in [0.5, 0.6) is 0 Å². The summed E-state index contributed by atoms with van der Waals surface area (Å²) in [6, 6.07) is 4.34. The molecule has 0 saturated carbocycles. The molecule has 0 aliphatic carbocycles. The van der Waals surface area contributed by atoms with Gasteiger partial charge in [-0.25, -0.2) is 0 Å². The predicted molar refractivity (Wildman–Crippen MR) is 64.0 cm³/mol. The summed E-state index contributed by atoms with van der Waals surface area (Å²) in [5.74, 6) is 0. The summed E-state index contributed by atoms with van der Waals surface area (Å²) < 4.78 is 0. The fourth-order valence-electron chi connectivity index (χ4n) is 1.53. The van der Waals surface area contributed by atoms with Crippen molar-refractivity contribution in [2.24, 2.45) is 0 Å².